The molecule has 9 nitrogen and oxygen atoms in total. The van der Waals surface area contributed by atoms with Gasteiger partial charge in [0.2, 0.25) is 0 Å². The average Bonchev–Trinajstić information content (AvgIpc) is 3.68. The Kier molecular flexibility index (Phi) is 7.07. The minimum atomic E-state index is -0.992. The highest BCUT2D eigenvalue weighted by Gasteiger charge is 2.55. The van der Waals surface area contributed by atoms with E-state index in [4.69, 9.17) is 28.3 Å². The van der Waals surface area contributed by atoms with E-state index in [-0.39, 0.29) is 24.4 Å². The lowest BCUT2D eigenvalue weighted by atomic mass is 9.77. The van der Waals surface area contributed by atoms with Gasteiger partial charge < -0.3 is 0 Å². The first kappa shape index (κ1) is 27.5. The Morgan fingerprint density at radius 3 is 2.30 bits per heavy atom. The van der Waals surface area contributed by atoms with Gasteiger partial charge in [-0.1, -0.05) is 70.9 Å². The van der Waals surface area contributed by atoms with Crippen LogP contribution in [-0.4, -0.2) is 52.1 Å². The number of fused-ring (bicyclic) bond motifs is 2. The maximum atomic E-state index is 14.0. The zero-order chi connectivity index (χ0) is 29.7. The lowest BCUT2D eigenvalue weighted by Crippen LogP contribution is -2.45. The van der Waals surface area contributed by atoms with Crippen LogP contribution in [0.4, 0.5) is 5.69 Å². The molecule has 2 fully saturated rings. The normalized spacial score (nSPS) is 25.4. The number of hydrogen-bond acceptors (Lipinski definition) is 7. The van der Waals surface area contributed by atoms with Crippen LogP contribution < -0.4 is 4.90 Å². The Balaban J connectivity index is 1.19. The van der Waals surface area contributed by atoms with Crippen molar-refractivity contribution in [3.8, 4) is 0 Å². The Hall–Kier alpha value is -4.34. The lowest BCUT2D eigenvalue weighted by molar-refractivity contribution is -0.136. The van der Waals surface area contributed by atoms with Crippen LogP contribution in [0.3, 0.4) is 0 Å². The van der Waals surface area contributed by atoms with Gasteiger partial charge in [0.05, 0.1) is 17.4 Å². The molecule has 7 rings (SSSR count). The molecule has 1 saturated heterocycles. The van der Waals surface area contributed by atoms with Gasteiger partial charge in [-0.2, -0.15) is 10.2 Å². The predicted octanol–water partition coefficient (Wildman–Crippen LogP) is 6.11. The minimum absolute atomic E-state index is 0.0198. The summed E-state index contributed by atoms with van der Waals surface area (Å²) in [6.07, 6.45) is 4.75. The molecule has 3 amide bonds. The molecule has 0 radical (unpaired) electrons. The average molecular weight is 614 g/mol. The molecular formula is C32H26Cl2N6O3. The third-order valence-electron chi connectivity index (χ3n) is 8.35. The monoisotopic (exact) mass is 612 g/mol. The number of allylic oxidation sites excluding steroid dienone is 1. The number of para-hydroxylation sites is 1. The van der Waals surface area contributed by atoms with Gasteiger partial charge >= 0.3 is 0 Å². The van der Waals surface area contributed by atoms with Crippen LogP contribution in [0.15, 0.2) is 99.9 Å². The molecule has 0 unspecified atom stereocenters. The van der Waals surface area contributed by atoms with Gasteiger partial charge in [0.15, 0.2) is 12.1 Å². The maximum absolute atomic E-state index is 14.0. The first-order valence-electron chi connectivity index (χ1n) is 14.1. The smallest absolute Gasteiger partial charge is 0.264 e. The van der Waals surface area contributed by atoms with Crippen LogP contribution in [0.1, 0.15) is 36.4 Å². The zero-order valence-electron chi connectivity index (χ0n) is 22.9. The molecule has 11 heteroatoms. The van der Waals surface area contributed by atoms with E-state index in [0.717, 1.165) is 46.6 Å². The molecule has 4 atom stereocenters. The minimum Gasteiger partial charge on any atom is -0.271 e. The van der Waals surface area contributed by atoms with Crippen molar-refractivity contribution in [2.75, 3.05) is 11.4 Å². The van der Waals surface area contributed by atoms with Crippen molar-refractivity contribution in [2.45, 2.75) is 37.4 Å². The number of amides is 3. The van der Waals surface area contributed by atoms with Crippen LogP contribution in [0.2, 0.25) is 10.0 Å². The molecule has 0 aromatic heterocycles. The number of benzene rings is 3. The summed E-state index contributed by atoms with van der Waals surface area (Å²) in [6, 6.07) is 21.5. The summed E-state index contributed by atoms with van der Waals surface area (Å²) in [7, 11) is 0. The van der Waals surface area contributed by atoms with E-state index in [1.165, 1.54) is 10.0 Å². The molecule has 0 spiro atoms. The molecule has 216 valence electrons. The van der Waals surface area contributed by atoms with Crippen molar-refractivity contribution in [3.05, 3.63) is 106 Å². The van der Waals surface area contributed by atoms with E-state index in [0.29, 0.717) is 15.7 Å². The fourth-order valence-corrected chi connectivity index (χ4v) is 6.61. The van der Waals surface area contributed by atoms with Crippen molar-refractivity contribution in [3.63, 3.8) is 0 Å². The summed E-state index contributed by atoms with van der Waals surface area (Å²) in [6.45, 7) is -0.254. The van der Waals surface area contributed by atoms with Crippen LogP contribution >= 0.6 is 23.2 Å². The summed E-state index contributed by atoms with van der Waals surface area (Å²) in [5.74, 6) is -1.27. The number of hydrazone groups is 1. The third-order valence-corrected chi connectivity index (χ3v) is 8.85. The second kappa shape index (κ2) is 11.1. The summed E-state index contributed by atoms with van der Waals surface area (Å²) in [5.41, 5.74) is 4.33. The number of carbonyl (C=O) groups excluding carboxylic acids is 3. The zero-order valence-corrected chi connectivity index (χ0v) is 24.4. The van der Waals surface area contributed by atoms with Crippen LogP contribution in [-0.2, 0) is 14.4 Å². The van der Waals surface area contributed by atoms with Crippen LogP contribution in [0.25, 0.3) is 6.08 Å². The second-order valence-electron chi connectivity index (χ2n) is 11.0. The Bertz CT molecular complexity index is 1690. The number of nitrogens with zero attached hydrogens (tertiary/aromatic N) is 6. The quantitative estimate of drug-likeness (QED) is 0.325. The van der Waals surface area contributed by atoms with Gasteiger partial charge in [0, 0.05) is 16.0 Å². The van der Waals surface area contributed by atoms with E-state index in [2.05, 4.69) is 16.4 Å². The molecule has 3 heterocycles. The Morgan fingerprint density at radius 1 is 0.884 bits per heavy atom. The molecule has 3 aliphatic heterocycles. The summed E-state index contributed by atoms with van der Waals surface area (Å²) >= 11 is 12.3. The van der Waals surface area contributed by atoms with Crippen LogP contribution in [0, 0.1) is 5.92 Å². The van der Waals surface area contributed by atoms with Gasteiger partial charge in [0.25, 0.3) is 17.7 Å². The van der Waals surface area contributed by atoms with Crippen molar-refractivity contribution >= 4 is 58.4 Å². The van der Waals surface area contributed by atoms with E-state index >= 15 is 0 Å². The van der Waals surface area contributed by atoms with E-state index in [9.17, 15) is 14.4 Å². The number of anilines is 1. The number of hydrogen-bond donors (Lipinski definition) is 0. The molecule has 3 aromatic carbocycles. The van der Waals surface area contributed by atoms with E-state index in [1.54, 1.807) is 24.3 Å². The van der Waals surface area contributed by atoms with Crippen molar-refractivity contribution in [1.82, 2.24) is 10.0 Å². The molecule has 43 heavy (non-hydrogen) atoms. The third kappa shape index (κ3) is 4.92. The van der Waals surface area contributed by atoms with Gasteiger partial charge in [-0.25, -0.2) is 9.91 Å². The molecular weight excluding hydrogens is 587 g/mol. The topological polar surface area (TPSA) is 98.0 Å². The number of rotatable bonds is 5. The largest absolute Gasteiger partial charge is 0.271 e. The van der Waals surface area contributed by atoms with E-state index < -0.39 is 23.9 Å². The lowest BCUT2D eigenvalue weighted by Gasteiger charge is -2.30. The standard InChI is InChI=1S/C32H26Cl2N6O3/c33-22-13-9-19(10-14-22)17-21-5-4-8-25-27(21)36-40(29(25)20-11-15-23(34)16-12-20)26(41)18-38-30-28(35-37-38)31(42)39(32(30)43)24-6-2-1-3-7-24/h1-3,6-7,9-17,25,28-30H,4-5,8,18H2/b21-17+/t25-,28+,29+,30-/m0/s1. The molecule has 0 N–H and O–H groups in total. The number of carbonyl (C=O) groups is 3. The SMILES string of the molecule is O=C1[C@@H]2[C@@H](N=NN2CC(=O)N2N=C3/C(=C/c4ccc(Cl)cc4)CCC[C@@H]3[C@H]2c2ccc(Cl)cc2)C(=O)N1c1ccccc1. The van der Waals surface area contributed by atoms with Gasteiger partial charge in [-0.15, -0.1) is 0 Å². The number of halogens is 2. The summed E-state index contributed by atoms with van der Waals surface area (Å²) in [5, 5.41) is 17.2. The maximum Gasteiger partial charge on any atom is 0.264 e. The molecule has 1 saturated carbocycles. The van der Waals surface area contributed by atoms with Crippen molar-refractivity contribution in [1.29, 1.82) is 0 Å². The summed E-state index contributed by atoms with van der Waals surface area (Å²) < 4.78 is 0. The fraction of sp³-hybridized carbons (Fsp3) is 0.250. The van der Waals surface area contributed by atoms with E-state index in [1.807, 2.05) is 54.6 Å². The van der Waals surface area contributed by atoms with Crippen molar-refractivity contribution in [2.24, 2.45) is 21.4 Å². The first-order chi connectivity index (χ1) is 20.9. The van der Waals surface area contributed by atoms with Crippen LogP contribution in [0.5, 0.6) is 0 Å². The highest BCUT2D eigenvalue weighted by molar-refractivity contribution is 6.31. The highest BCUT2D eigenvalue weighted by atomic mass is 35.5. The van der Waals surface area contributed by atoms with Gasteiger partial charge in [-0.05, 0) is 78.4 Å². The van der Waals surface area contributed by atoms with Gasteiger partial charge in [-0.3, -0.25) is 19.4 Å². The highest BCUT2D eigenvalue weighted by Crippen LogP contribution is 2.45. The first-order valence-corrected chi connectivity index (χ1v) is 14.9. The second-order valence-corrected chi connectivity index (χ2v) is 11.9. The number of imide groups is 1. The molecule has 1 aliphatic carbocycles. The Morgan fingerprint density at radius 2 is 1.58 bits per heavy atom. The Labute approximate surface area is 258 Å². The molecule has 4 aliphatic rings. The van der Waals surface area contributed by atoms with Crippen molar-refractivity contribution < 1.29 is 14.4 Å². The predicted molar refractivity (Wildman–Crippen MR) is 163 cm³/mol. The molecule has 0 bridgehead atoms. The molecule has 3 aromatic rings. The fourth-order valence-electron chi connectivity index (χ4n) is 6.36. The summed E-state index contributed by atoms with van der Waals surface area (Å²) in [4.78, 5) is 41.7. The van der Waals surface area contributed by atoms with Gasteiger partial charge in [0.1, 0.15) is 6.54 Å².